The quantitative estimate of drug-likeness (QED) is 0.896. The van der Waals surface area contributed by atoms with Crippen LogP contribution in [0.2, 0.25) is 0 Å². The second-order valence-corrected chi connectivity index (χ2v) is 7.26. The lowest BCUT2D eigenvalue weighted by molar-refractivity contribution is 0.372. The Bertz CT molecular complexity index is 505. The molecular weight excluding hydrogens is 260 g/mol. The van der Waals surface area contributed by atoms with Crippen molar-refractivity contribution in [1.82, 2.24) is 4.31 Å². The molecule has 0 bridgehead atoms. The van der Waals surface area contributed by atoms with Gasteiger partial charge in [0.25, 0.3) is 0 Å². The largest absolute Gasteiger partial charge is 0.326 e. The molecule has 0 unspecified atom stereocenters. The van der Waals surface area contributed by atoms with Gasteiger partial charge < -0.3 is 5.73 Å². The topological polar surface area (TPSA) is 63.4 Å². The van der Waals surface area contributed by atoms with Crippen LogP contribution in [0.15, 0.2) is 24.3 Å². The van der Waals surface area contributed by atoms with Crippen LogP contribution in [0.25, 0.3) is 0 Å². The fourth-order valence-electron chi connectivity index (χ4n) is 2.58. The van der Waals surface area contributed by atoms with E-state index in [0.717, 1.165) is 36.8 Å². The number of nitrogens with zero attached hydrogens (tertiary/aromatic N) is 1. The van der Waals surface area contributed by atoms with Crippen LogP contribution in [0.4, 0.5) is 0 Å². The average Bonchev–Trinajstić information content (AvgIpc) is 2.92. The van der Waals surface area contributed by atoms with Crippen LogP contribution in [0.3, 0.4) is 0 Å². The lowest BCUT2D eigenvalue weighted by Gasteiger charge is -2.23. The average molecular weight is 282 g/mol. The SMILES string of the molecule is CN(C1CCCC1)S(=O)(=O)Cc1ccc(CN)cc1. The normalized spacial score (nSPS) is 17.2. The van der Waals surface area contributed by atoms with E-state index in [9.17, 15) is 8.42 Å². The summed E-state index contributed by atoms with van der Waals surface area (Å²) in [6.45, 7) is 0.481. The standard InChI is InChI=1S/C14H22N2O2S/c1-16(14-4-2-3-5-14)19(17,18)11-13-8-6-12(10-15)7-9-13/h6-9,14H,2-5,10-11,15H2,1H3. The molecule has 4 nitrogen and oxygen atoms in total. The maximum atomic E-state index is 12.3. The van der Waals surface area contributed by atoms with Gasteiger partial charge in [-0.25, -0.2) is 12.7 Å². The van der Waals surface area contributed by atoms with Crippen molar-refractivity contribution in [1.29, 1.82) is 0 Å². The van der Waals surface area contributed by atoms with Gasteiger partial charge in [-0.1, -0.05) is 37.1 Å². The first-order chi connectivity index (χ1) is 9.03. The van der Waals surface area contributed by atoms with E-state index >= 15 is 0 Å². The van der Waals surface area contributed by atoms with Crippen molar-refractivity contribution in [3.63, 3.8) is 0 Å². The number of rotatable bonds is 5. The molecule has 1 aliphatic rings. The molecule has 2 rings (SSSR count). The highest BCUT2D eigenvalue weighted by atomic mass is 32.2. The van der Waals surface area contributed by atoms with Crippen molar-refractivity contribution in [2.75, 3.05) is 7.05 Å². The number of nitrogens with two attached hydrogens (primary N) is 1. The molecule has 1 aromatic carbocycles. The van der Waals surface area contributed by atoms with Crippen molar-refractivity contribution in [3.05, 3.63) is 35.4 Å². The minimum Gasteiger partial charge on any atom is -0.326 e. The van der Waals surface area contributed by atoms with Crippen LogP contribution < -0.4 is 5.73 Å². The van der Waals surface area contributed by atoms with Gasteiger partial charge in [0.2, 0.25) is 10.0 Å². The predicted molar refractivity (Wildman–Crippen MR) is 77.0 cm³/mol. The summed E-state index contributed by atoms with van der Waals surface area (Å²) in [5, 5.41) is 0. The zero-order valence-electron chi connectivity index (χ0n) is 11.4. The van der Waals surface area contributed by atoms with Gasteiger partial charge in [0.1, 0.15) is 0 Å². The Hall–Kier alpha value is -0.910. The zero-order valence-corrected chi connectivity index (χ0v) is 12.2. The smallest absolute Gasteiger partial charge is 0.218 e. The molecule has 0 amide bonds. The summed E-state index contributed by atoms with van der Waals surface area (Å²) in [6, 6.07) is 7.67. The predicted octanol–water partition coefficient (Wildman–Crippen LogP) is 1.85. The van der Waals surface area contributed by atoms with E-state index in [1.165, 1.54) is 0 Å². The Kier molecular flexibility index (Phi) is 4.60. The molecule has 2 N–H and O–H groups in total. The maximum absolute atomic E-state index is 12.3. The first-order valence-corrected chi connectivity index (χ1v) is 8.37. The van der Waals surface area contributed by atoms with Crippen LogP contribution in [0, 0.1) is 0 Å². The Morgan fingerprint density at radius 1 is 1.16 bits per heavy atom. The van der Waals surface area contributed by atoms with Gasteiger partial charge in [-0.15, -0.1) is 0 Å². The van der Waals surface area contributed by atoms with Gasteiger partial charge in [-0.2, -0.15) is 0 Å². The molecule has 19 heavy (non-hydrogen) atoms. The third-order valence-corrected chi connectivity index (χ3v) is 5.76. The minimum atomic E-state index is -3.21. The molecule has 0 spiro atoms. The third-order valence-electron chi connectivity index (χ3n) is 3.89. The Labute approximate surface area is 115 Å². The molecule has 1 aliphatic carbocycles. The highest BCUT2D eigenvalue weighted by molar-refractivity contribution is 7.88. The first-order valence-electron chi connectivity index (χ1n) is 6.76. The van der Waals surface area contributed by atoms with Gasteiger partial charge in [0, 0.05) is 19.6 Å². The van der Waals surface area contributed by atoms with Crippen LogP contribution >= 0.6 is 0 Å². The molecule has 0 saturated heterocycles. The Balaban J connectivity index is 2.06. The van der Waals surface area contributed by atoms with Crippen LogP contribution in [-0.2, 0) is 22.3 Å². The van der Waals surface area contributed by atoms with Crippen LogP contribution in [-0.4, -0.2) is 25.8 Å². The second-order valence-electron chi connectivity index (χ2n) is 5.23. The Morgan fingerprint density at radius 3 is 2.21 bits per heavy atom. The maximum Gasteiger partial charge on any atom is 0.218 e. The summed E-state index contributed by atoms with van der Waals surface area (Å²) in [6.07, 6.45) is 4.25. The molecule has 1 saturated carbocycles. The van der Waals surface area contributed by atoms with Gasteiger partial charge in [-0.05, 0) is 24.0 Å². The summed E-state index contributed by atoms with van der Waals surface area (Å²) in [5.41, 5.74) is 7.37. The number of hydrogen-bond acceptors (Lipinski definition) is 3. The van der Waals surface area contributed by atoms with Crippen LogP contribution in [0.5, 0.6) is 0 Å². The fourth-order valence-corrected chi connectivity index (χ4v) is 4.06. The molecule has 5 heteroatoms. The monoisotopic (exact) mass is 282 g/mol. The van der Waals surface area contributed by atoms with Gasteiger partial charge in [-0.3, -0.25) is 0 Å². The van der Waals surface area contributed by atoms with E-state index in [-0.39, 0.29) is 11.8 Å². The lowest BCUT2D eigenvalue weighted by atomic mass is 10.1. The summed E-state index contributed by atoms with van der Waals surface area (Å²) < 4.78 is 26.3. The molecule has 0 aromatic heterocycles. The van der Waals surface area contributed by atoms with Crippen molar-refractivity contribution in [3.8, 4) is 0 Å². The summed E-state index contributed by atoms with van der Waals surface area (Å²) in [4.78, 5) is 0. The van der Waals surface area contributed by atoms with Crippen molar-refractivity contribution in [2.45, 2.75) is 44.0 Å². The highest BCUT2D eigenvalue weighted by Gasteiger charge is 2.28. The molecule has 0 radical (unpaired) electrons. The van der Waals surface area contributed by atoms with E-state index in [2.05, 4.69) is 0 Å². The minimum absolute atomic E-state index is 0.0743. The van der Waals surface area contributed by atoms with Crippen molar-refractivity contribution in [2.24, 2.45) is 5.73 Å². The van der Waals surface area contributed by atoms with E-state index in [4.69, 9.17) is 5.73 Å². The van der Waals surface area contributed by atoms with Gasteiger partial charge in [0.05, 0.1) is 5.75 Å². The summed E-state index contributed by atoms with van der Waals surface area (Å²) in [7, 11) is -1.51. The second kappa shape index (κ2) is 6.03. The Morgan fingerprint density at radius 2 is 1.68 bits per heavy atom. The number of hydrogen-bond donors (Lipinski definition) is 1. The molecule has 0 atom stereocenters. The highest BCUT2D eigenvalue weighted by Crippen LogP contribution is 2.25. The zero-order chi connectivity index (χ0) is 13.9. The summed E-state index contributed by atoms with van der Waals surface area (Å²) >= 11 is 0. The molecule has 1 fully saturated rings. The fraction of sp³-hybridized carbons (Fsp3) is 0.571. The molecule has 0 heterocycles. The molecule has 0 aliphatic heterocycles. The molecular formula is C14H22N2O2S. The third kappa shape index (κ3) is 3.55. The van der Waals surface area contributed by atoms with E-state index in [1.807, 2.05) is 24.3 Å². The van der Waals surface area contributed by atoms with Gasteiger partial charge >= 0.3 is 0 Å². The number of sulfonamides is 1. The van der Waals surface area contributed by atoms with E-state index < -0.39 is 10.0 Å². The van der Waals surface area contributed by atoms with Gasteiger partial charge in [0.15, 0.2) is 0 Å². The molecule has 1 aromatic rings. The first kappa shape index (κ1) is 14.5. The van der Waals surface area contributed by atoms with Crippen molar-refractivity contribution < 1.29 is 8.42 Å². The van der Waals surface area contributed by atoms with E-state index in [1.54, 1.807) is 11.4 Å². The van der Waals surface area contributed by atoms with Crippen LogP contribution in [0.1, 0.15) is 36.8 Å². The van der Waals surface area contributed by atoms with Crippen molar-refractivity contribution >= 4 is 10.0 Å². The molecule has 106 valence electrons. The number of benzene rings is 1. The van der Waals surface area contributed by atoms with E-state index in [0.29, 0.717) is 6.54 Å². The lowest BCUT2D eigenvalue weighted by Crippen LogP contribution is -2.36. The summed E-state index contributed by atoms with van der Waals surface area (Å²) in [5.74, 6) is 0.0743.